The first kappa shape index (κ1) is 63.6. The van der Waals surface area contributed by atoms with Gasteiger partial charge in [-0.2, -0.15) is 4.57 Å². The van der Waals surface area contributed by atoms with Crippen LogP contribution in [0.15, 0.2) is 47.0 Å². The number of nitrogens with two attached hydrogens (primary N) is 1. The molecule has 77 heavy (non-hydrogen) atoms. The number of nitrogens with zero attached hydrogens (tertiary/aromatic N) is 5. The summed E-state index contributed by atoms with van der Waals surface area (Å²) in [5, 5.41) is 30.1. The molecule has 2 unspecified atom stereocenters. The van der Waals surface area contributed by atoms with Gasteiger partial charge in [0.15, 0.2) is 23.6 Å². The van der Waals surface area contributed by atoms with Gasteiger partial charge in [0.25, 0.3) is 11.8 Å². The number of carboxylic acids is 2. The molecular weight excluding hydrogens is 1030 g/mol. The van der Waals surface area contributed by atoms with Crippen LogP contribution in [0.4, 0.5) is 5.13 Å². The number of carbonyl (C=O) groups is 4. The fraction of sp³-hybridized carbons (Fsp3) is 0.712. The van der Waals surface area contributed by atoms with E-state index in [4.69, 9.17) is 27.3 Å². The molecule has 2 aliphatic heterocycles. The number of amides is 2. The summed E-state index contributed by atoms with van der Waals surface area (Å²) in [6.45, 7) is 3.10. The van der Waals surface area contributed by atoms with E-state index in [1.54, 1.807) is 0 Å². The third kappa shape index (κ3) is 22.1. The van der Waals surface area contributed by atoms with Gasteiger partial charge in [0.05, 0.1) is 11.7 Å². The number of hydrogen-bond donors (Lipinski definition) is 4. The molecule has 0 aromatic carbocycles. The molecule has 5 heterocycles. The topological polar surface area (TPSA) is 208 Å². The van der Waals surface area contributed by atoms with Gasteiger partial charge in [0.1, 0.15) is 27.0 Å². The fourth-order valence-electron chi connectivity index (χ4n) is 10.2. The number of aliphatic carboxylic acids is 2. The molecule has 3 aromatic heterocycles. The summed E-state index contributed by atoms with van der Waals surface area (Å²) in [6, 6.07) is 4.72. The Kier molecular flexibility index (Phi) is 30.5. The smallest absolute Gasteiger partial charge is 0.347 e. The van der Waals surface area contributed by atoms with Crippen LogP contribution in [0, 0.1) is 0 Å². The van der Waals surface area contributed by atoms with Crippen LogP contribution >= 0.6 is 34.7 Å². The van der Waals surface area contributed by atoms with Crippen LogP contribution in [0.2, 0.25) is 4.34 Å². The van der Waals surface area contributed by atoms with E-state index in [0.717, 1.165) is 46.8 Å². The monoisotopic (exact) mass is 1120 g/mol. The highest BCUT2D eigenvalue weighted by Gasteiger charge is 2.53. The van der Waals surface area contributed by atoms with Gasteiger partial charge in [-0.3, -0.25) is 14.5 Å². The Morgan fingerprint density at radius 2 is 1.29 bits per heavy atom. The highest BCUT2D eigenvalue weighted by molar-refractivity contribution is 8.00. The molecule has 0 bridgehead atoms. The number of anilines is 1. The molecule has 9 rings (SSSR count). The second-order valence-corrected chi connectivity index (χ2v) is 24.2. The lowest BCUT2D eigenvalue weighted by atomic mass is 10.0. The third-order valence-electron chi connectivity index (χ3n) is 15.2. The molecule has 18 heteroatoms. The van der Waals surface area contributed by atoms with Crippen molar-refractivity contribution in [3.8, 4) is 0 Å². The van der Waals surface area contributed by atoms with Crippen LogP contribution in [0.1, 0.15) is 225 Å². The average molecular weight is 1130 g/mol. The number of rotatable bonds is 13. The maximum atomic E-state index is 13.3. The van der Waals surface area contributed by atoms with Gasteiger partial charge in [-0.25, -0.2) is 9.78 Å². The number of hydrogen-bond acceptors (Lipinski definition) is 12. The minimum atomic E-state index is -1.51. The Bertz CT molecular complexity index is 2200. The maximum Gasteiger partial charge on any atom is 0.347 e. The number of thiazole rings is 1. The number of nitrogen functional groups attached to an aromatic ring is 1. The Balaban J connectivity index is 0.000000271. The Morgan fingerprint density at radius 3 is 1.69 bits per heavy atom. The van der Waals surface area contributed by atoms with E-state index in [-0.39, 0.29) is 33.2 Å². The van der Waals surface area contributed by atoms with E-state index in [1.807, 2.05) is 42.2 Å². The average Bonchev–Trinajstić information content (AvgIpc) is 4.07. The minimum Gasteiger partial charge on any atom is -0.543 e. The van der Waals surface area contributed by atoms with Crippen LogP contribution in [-0.2, 0) is 37.1 Å². The lowest BCUT2D eigenvalue weighted by Gasteiger charge is -2.50. The van der Waals surface area contributed by atoms with Crippen molar-refractivity contribution in [3.63, 3.8) is 0 Å². The van der Waals surface area contributed by atoms with Crippen LogP contribution in [-0.4, -0.2) is 85.9 Å². The van der Waals surface area contributed by atoms with E-state index in [1.165, 1.54) is 224 Å². The number of pyridine rings is 1. The number of aryl methyl sites for hydroxylation is 1. The molecule has 15 nitrogen and oxygen atoms in total. The van der Waals surface area contributed by atoms with Gasteiger partial charge in [0.2, 0.25) is 11.6 Å². The van der Waals surface area contributed by atoms with Crippen molar-refractivity contribution in [1.82, 2.24) is 25.1 Å². The summed E-state index contributed by atoms with van der Waals surface area (Å²) in [6.07, 6.45) is 51.4. The molecule has 5 N–H and O–H groups in total. The van der Waals surface area contributed by atoms with E-state index < -0.39 is 47.0 Å². The molecule has 1 saturated heterocycles. The molecule has 3 atom stereocenters. The Hall–Kier alpha value is -4.19. The number of carboxylic acid groups (broad SMARTS) is 2. The predicted octanol–water partition coefficient (Wildman–Crippen LogP) is 12.0. The van der Waals surface area contributed by atoms with Gasteiger partial charge >= 0.3 is 5.97 Å². The summed E-state index contributed by atoms with van der Waals surface area (Å²) in [5.74, 6) is -4.19. The number of aromatic nitrogens is 3. The molecule has 4 aliphatic carbocycles. The summed E-state index contributed by atoms with van der Waals surface area (Å²) in [7, 11) is 1.90. The zero-order chi connectivity index (χ0) is 55.0. The Labute approximate surface area is 473 Å². The van der Waals surface area contributed by atoms with E-state index in [9.17, 15) is 24.3 Å². The summed E-state index contributed by atoms with van der Waals surface area (Å²) in [5.41, 5.74) is 7.20. The zero-order valence-corrected chi connectivity index (χ0v) is 49.1. The van der Waals surface area contributed by atoms with Gasteiger partial charge < -0.3 is 40.8 Å². The SMILES string of the molecule is C1CCC1.C1CCCCC1.C1CCCCCCCC1.C1CCCCCCCCCCCC1.CNCCCn1ccc2c1ccc[n+]2CC1=C(C(=O)[O-])N2C(=O)C(NC(=O)/C(=N\O[C@@H](C)C(=O)O)c3nc(N)sc3Cl)C2SC1. The minimum absolute atomic E-state index is 0.00535. The molecule has 5 fully saturated rings. The number of carbonyl (C=O) groups excluding carboxylic acids is 3. The van der Waals surface area contributed by atoms with Crippen molar-refractivity contribution in [1.29, 1.82) is 0 Å². The number of fused-ring (bicyclic) bond motifs is 2. The summed E-state index contributed by atoms with van der Waals surface area (Å²) >= 11 is 8.31. The van der Waals surface area contributed by atoms with Crippen LogP contribution in [0.5, 0.6) is 0 Å². The molecular formula is C59H93ClN8O7S2. The van der Waals surface area contributed by atoms with E-state index in [2.05, 4.69) is 25.3 Å². The molecule has 0 radical (unpaired) electrons. The molecule has 2 amide bonds. The van der Waals surface area contributed by atoms with Crippen molar-refractivity contribution in [2.75, 3.05) is 25.1 Å². The first-order valence-corrected chi connectivity index (χ1v) is 32.0. The number of thioether (sulfide) groups is 1. The van der Waals surface area contributed by atoms with Crippen LogP contribution in [0.25, 0.3) is 11.0 Å². The molecule has 430 valence electrons. The van der Waals surface area contributed by atoms with Crippen molar-refractivity contribution in [2.45, 2.75) is 249 Å². The van der Waals surface area contributed by atoms with Crippen LogP contribution in [0.3, 0.4) is 0 Å². The quantitative estimate of drug-likeness (QED) is 0.0416. The maximum absolute atomic E-state index is 13.3. The van der Waals surface area contributed by atoms with Gasteiger partial charge in [0, 0.05) is 36.2 Å². The summed E-state index contributed by atoms with van der Waals surface area (Å²) < 4.78 is 4.05. The molecule has 6 aliphatic rings. The molecule has 0 spiro atoms. The number of halogens is 1. The first-order chi connectivity index (χ1) is 37.5. The second-order valence-electron chi connectivity index (χ2n) is 21.5. The first-order valence-electron chi connectivity index (χ1n) is 29.7. The largest absolute Gasteiger partial charge is 0.543 e. The van der Waals surface area contributed by atoms with Crippen molar-refractivity contribution >= 4 is 80.3 Å². The molecule has 4 saturated carbocycles. The van der Waals surface area contributed by atoms with Gasteiger partial charge in [-0.1, -0.05) is 234 Å². The standard InChI is InChI=1S/C27H29ClN8O7S2.C13H26.C9H18.C6H12.C4H8/c1-13(25(39)40)43-33-18(17-21(28)45-27(29)32-17)22(37)31-19-23(38)36-20(26(41)42)14(12-44-24(19)36)11-35-8-3-5-15-16(35)6-10-34(15)9-4-7-30-2;1-2-4-6-8-10-12-13-11-9-7-5-3-1;1-2-4-6-8-9-7-5-3-1;1-2-4-6-5-3-1;1-2-4-3-1/h3,5-6,8,10,13,19,24,30H,4,7,9,11-12H2,1-2H3,(H4-,29,31,32,37,39,40,41,42);1-13H2;1-9H2;1-6H2;1-4H2/b33-18-;;;;/t13-,19?,24?;;;;/m0..../s1. The van der Waals surface area contributed by atoms with Gasteiger partial charge in [-0.15, -0.1) is 11.8 Å². The third-order valence-corrected chi connectivity index (χ3v) is 17.6. The van der Waals surface area contributed by atoms with Crippen LogP contribution < -0.4 is 26.0 Å². The predicted molar refractivity (Wildman–Crippen MR) is 312 cm³/mol. The second kappa shape index (κ2) is 36.9. The highest BCUT2D eigenvalue weighted by atomic mass is 35.5. The molecule has 3 aromatic rings. The lowest BCUT2D eigenvalue weighted by Crippen LogP contribution is -2.71. The van der Waals surface area contributed by atoms with Crippen molar-refractivity contribution in [2.24, 2.45) is 5.16 Å². The van der Waals surface area contributed by atoms with Gasteiger partial charge in [-0.05, 0) is 33.0 Å². The highest BCUT2D eigenvalue weighted by Crippen LogP contribution is 2.40. The van der Waals surface area contributed by atoms with E-state index >= 15 is 0 Å². The zero-order valence-electron chi connectivity index (χ0n) is 46.7. The van der Waals surface area contributed by atoms with Crippen molar-refractivity contribution < 1.29 is 38.8 Å². The fourth-order valence-corrected chi connectivity index (χ4v) is 12.5. The van der Waals surface area contributed by atoms with E-state index in [0.29, 0.717) is 5.57 Å². The number of nitrogens with one attached hydrogen (secondary N) is 2. The lowest BCUT2D eigenvalue weighted by molar-refractivity contribution is -0.663. The van der Waals surface area contributed by atoms with Crippen molar-refractivity contribution in [3.05, 3.63) is 51.9 Å². The summed E-state index contributed by atoms with van der Waals surface area (Å²) in [4.78, 5) is 60.2. The number of β-lactam (4-membered cyclic amide) rings is 1. The normalized spacial score (nSPS) is 21.0. The number of oxime groups is 1. The Morgan fingerprint density at radius 1 is 0.818 bits per heavy atom.